The summed E-state index contributed by atoms with van der Waals surface area (Å²) in [5.74, 6) is 1.15. The SMILES string of the molecule is COc1cc(C=O)ccc1Oc1ncnc2c1oc1ccccc12. The summed E-state index contributed by atoms with van der Waals surface area (Å²) in [5.41, 5.74) is 2.34. The smallest absolute Gasteiger partial charge is 0.267 e. The van der Waals surface area contributed by atoms with Gasteiger partial charge in [0.1, 0.15) is 23.7 Å². The summed E-state index contributed by atoms with van der Waals surface area (Å²) in [6, 6.07) is 12.5. The first-order valence-electron chi connectivity index (χ1n) is 7.23. The van der Waals surface area contributed by atoms with E-state index in [1.807, 2.05) is 24.3 Å². The number of carbonyl (C=O) groups excluding carboxylic acids is 1. The zero-order valence-corrected chi connectivity index (χ0v) is 12.7. The van der Waals surface area contributed by atoms with E-state index in [2.05, 4.69) is 9.97 Å². The van der Waals surface area contributed by atoms with Crippen molar-refractivity contribution in [3.05, 3.63) is 54.4 Å². The third-order valence-electron chi connectivity index (χ3n) is 3.66. The molecule has 0 saturated carbocycles. The Labute approximate surface area is 136 Å². The Balaban J connectivity index is 1.84. The molecule has 0 spiro atoms. The van der Waals surface area contributed by atoms with Crippen molar-refractivity contribution in [1.29, 1.82) is 0 Å². The lowest BCUT2D eigenvalue weighted by Gasteiger charge is -2.09. The number of carbonyl (C=O) groups is 1. The highest BCUT2D eigenvalue weighted by atomic mass is 16.5. The zero-order chi connectivity index (χ0) is 16.5. The van der Waals surface area contributed by atoms with Crippen molar-refractivity contribution in [2.45, 2.75) is 0 Å². The van der Waals surface area contributed by atoms with E-state index in [0.717, 1.165) is 11.7 Å². The van der Waals surface area contributed by atoms with Gasteiger partial charge in [-0.2, -0.15) is 4.98 Å². The van der Waals surface area contributed by atoms with Gasteiger partial charge in [-0.25, -0.2) is 4.98 Å². The fourth-order valence-corrected chi connectivity index (χ4v) is 2.52. The average Bonchev–Trinajstić information content (AvgIpc) is 3.02. The lowest BCUT2D eigenvalue weighted by Crippen LogP contribution is -1.94. The van der Waals surface area contributed by atoms with Crippen LogP contribution in [0.1, 0.15) is 10.4 Å². The minimum atomic E-state index is 0.286. The summed E-state index contributed by atoms with van der Waals surface area (Å²) in [7, 11) is 1.51. The maximum absolute atomic E-state index is 10.9. The maximum atomic E-state index is 10.9. The van der Waals surface area contributed by atoms with E-state index in [4.69, 9.17) is 13.9 Å². The first-order valence-corrected chi connectivity index (χ1v) is 7.23. The molecule has 0 bridgehead atoms. The Morgan fingerprint density at radius 2 is 1.96 bits per heavy atom. The summed E-state index contributed by atoms with van der Waals surface area (Å²) < 4.78 is 17.0. The van der Waals surface area contributed by atoms with Crippen molar-refractivity contribution >= 4 is 28.4 Å². The molecule has 24 heavy (non-hydrogen) atoms. The molecule has 2 aromatic heterocycles. The van der Waals surface area contributed by atoms with Crippen molar-refractivity contribution in [2.24, 2.45) is 0 Å². The lowest BCUT2D eigenvalue weighted by molar-refractivity contribution is 0.112. The monoisotopic (exact) mass is 320 g/mol. The van der Waals surface area contributed by atoms with Gasteiger partial charge in [-0.1, -0.05) is 12.1 Å². The molecule has 0 aliphatic rings. The fourth-order valence-electron chi connectivity index (χ4n) is 2.52. The van der Waals surface area contributed by atoms with Crippen molar-refractivity contribution < 1.29 is 18.7 Å². The van der Waals surface area contributed by atoms with Crippen molar-refractivity contribution in [3.8, 4) is 17.4 Å². The molecule has 0 fully saturated rings. The van der Waals surface area contributed by atoms with Crippen LogP contribution in [0.5, 0.6) is 17.4 Å². The third-order valence-corrected chi connectivity index (χ3v) is 3.66. The molecule has 6 nitrogen and oxygen atoms in total. The van der Waals surface area contributed by atoms with Crippen LogP contribution < -0.4 is 9.47 Å². The van der Waals surface area contributed by atoms with Crippen LogP contribution in [-0.4, -0.2) is 23.4 Å². The quantitative estimate of drug-likeness (QED) is 0.529. The number of methoxy groups -OCH3 is 1. The highest BCUT2D eigenvalue weighted by Crippen LogP contribution is 2.36. The summed E-state index contributed by atoms with van der Waals surface area (Å²) >= 11 is 0. The molecule has 4 aromatic rings. The van der Waals surface area contributed by atoms with Gasteiger partial charge < -0.3 is 13.9 Å². The minimum absolute atomic E-state index is 0.286. The Morgan fingerprint density at radius 3 is 2.79 bits per heavy atom. The zero-order valence-electron chi connectivity index (χ0n) is 12.7. The molecule has 0 unspecified atom stereocenters. The highest BCUT2D eigenvalue weighted by Gasteiger charge is 2.16. The molecule has 0 atom stereocenters. The van der Waals surface area contributed by atoms with E-state index in [1.165, 1.54) is 13.4 Å². The van der Waals surface area contributed by atoms with Gasteiger partial charge in [-0.15, -0.1) is 0 Å². The van der Waals surface area contributed by atoms with Gasteiger partial charge in [0, 0.05) is 10.9 Å². The number of para-hydroxylation sites is 1. The van der Waals surface area contributed by atoms with Gasteiger partial charge in [0.25, 0.3) is 5.88 Å². The van der Waals surface area contributed by atoms with Gasteiger partial charge in [-0.05, 0) is 30.3 Å². The largest absolute Gasteiger partial charge is 0.493 e. The number of aromatic nitrogens is 2. The number of aldehydes is 1. The van der Waals surface area contributed by atoms with E-state index in [9.17, 15) is 4.79 Å². The number of hydrogen-bond acceptors (Lipinski definition) is 6. The normalized spacial score (nSPS) is 10.9. The first kappa shape index (κ1) is 14.2. The van der Waals surface area contributed by atoms with Gasteiger partial charge in [-0.3, -0.25) is 4.79 Å². The third kappa shape index (κ3) is 2.25. The highest BCUT2D eigenvalue weighted by molar-refractivity contribution is 6.03. The van der Waals surface area contributed by atoms with E-state index < -0.39 is 0 Å². The van der Waals surface area contributed by atoms with Gasteiger partial charge in [0.05, 0.1) is 7.11 Å². The topological polar surface area (TPSA) is 74.5 Å². The number of rotatable bonds is 4. The average molecular weight is 320 g/mol. The molecule has 118 valence electrons. The minimum Gasteiger partial charge on any atom is -0.493 e. The van der Waals surface area contributed by atoms with Gasteiger partial charge in [0.2, 0.25) is 5.58 Å². The molecule has 0 saturated heterocycles. The number of ether oxygens (including phenoxy) is 2. The summed E-state index contributed by atoms with van der Waals surface area (Å²) in [5, 5.41) is 0.892. The Morgan fingerprint density at radius 1 is 1.08 bits per heavy atom. The van der Waals surface area contributed by atoms with Crippen LogP contribution in [0.2, 0.25) is 0 Å². The fraction of sp³-hybridized carbons (Fsp3) is 0.0556. The predicted molar refractivity (Wildman–Crippen MR) is 87.8 cm³/mol. The van der Waals surface area contributed by atoms with Crippen LogP contribution in [0.15, 0.2) is 53.2 Å². The Bertz CT molecular complexity index is 1060. The number of furan rings is 1. The maximum Gasteiger partial charge on any atom is 0.267 e. The standard InChI is InChI=1S/C18H12N2O4/c1-22-15-8-11(9-21)6-7-14(15)24-18-17-16(19-10-20-18)12-4-2-3-5-13(12)23-17/h2-10H,1H3. The van der Waals surface area contributed by atoms with E-state index in [0.29, 0.717) is 33.7 Å². The first-order chi connectivity index (χ1) is 11.8. The van der Waals surface area contributed by atoms with Gasteiger partial charge >= 0.3 is 0 Å². The summed E-state index contributed by atoms with van der Waals surface area (Å²) in [6.07, 6.45) is 2.17. The van der Waals surface area contributed by atoms with Crippen molar-refractivity contribution in [2.75, 3.05) is 7.11 Å². The molecule has 0 aliphatic heterocycles. The predicted octanol–water partition coefficient (Wildman–Crippen LogP) is 3.99. The molecule has 4 rings (SSSR count). The summed E-state index contributed by atoms with van der Waals surface area (Å²) in [4.78, 5) is 19.3. The van der Waals surface area contributed by atoms with E-state index in [1.54, 1.807) is 18.2 Å². The second-order valence-electron chi connectivity index (χ2n) is 5.08. The van der Waals surface area contributed by atoms with E-state index in [-0.39, 0.29) is 5.88 Å². The Kier molecular flexibility index (Phi) is 3.35. The number of benzene rings is 2. The number of fused-ring (bicyclic) bond motifs is 3. The van der Waals surface area contributed by atoms with Crippen LogP contribution in [0.3, 0.4) is 0 Å². The van der Waals surface area contributed by atoms with E-state index >= 15 is 0 Å². The van der Waals surface area contributed by atoms with Crippen LogP contribution in [0.25, 0.3) is 22.1 Å². The van der Waals surface area contributed by atoms with Crippen LogP contribution >= 0.6 is 0 Å². The van der Waals surface area contributed by atoms with Crippen LogP contribution in [-0.2, 0) is 0 Å². The second kappa shape index (κ2) is 5.66. The number of hydrogen-bond donors (Lipinski definition) is 0. The van der Waals surface area contributed by atoms with Crippen LogP contribution in [0.4, 0.5) is 0 Å². The van der Waals surface area contributed by atoms with Gasteiger partial charge in [0.15, 0.2) is 11.5 Å². The molecule has 2 aromatic carbocycles. The molecule has 0 amide bonds. The molecule has 0 radical (unpaired) electrons. The van der Waals surface area contributed by atoms with Crippen molar-refractivity contribution in [1.82, 2.24) is 9.97 Å². The number of nitrogens with zero attached hydrogens (tertiary/aromatic N) is 2. The van der Waals surface area contributed by atoms with Crippen molar-refractivity contribution in [3.63, 3.8) is 0 Å². The molecule has 2 heterocycles. The second-order valence-corrected chi connectivity index (χ2v) is 5.08. The molecular formula is C18H12N2O4. The molecule has 0 aliphatic carbocycles. The lowest BCUT2D eigenvalue weighted by atomic mass is 10.2. The molecular weight excluding hydrogens is 308 g/mol. The Hall–Kier alpha value is -3.41. The van der Waals surface area contributed by atoms with Crippen LogP contribution in [0, 0.1) is 0 Å². The molecule has 0 N–H and O–H groups in total. The molecule has 6 heteroatoms. The summed E-state index contributed by atoms with van der Waals surface area (Å²) in [6.45, 7) is 0.